The number of H-pyrrole nitrogens is 1. The van der Waals surface area contributed by atoms with E-state index in [0.717, 1.165) is 45.0 Å². The first-order valence-corrected chi connectivity index (χ1v) is 7.62. The molecule has 0 bridgehead atoms. The fourth-order valence-electron chi connectivity index (χ4n) is 2.80. The van der Waals surface area contributed by atoms with Crippen LogP contribution in [-0.4, -0.2) is 66.8 Å². The van der Waals surface area contributed by atoms with Gasteiger partial charge in [-0.3, -0.25) is 19.5 Å². The number of aromatic amines is 1. The van der Waals surface area contributed by atoms with Crippen LogP contribution in [0.4, 0.5) is 0 Å². The maximum Gasteiger partial charge on any atom is 0.247 e. The highest BCUT2D eigenvalue weighted by atomic mass is 16.2. The van der Waals surface area contributed by atoms with Crippen LogP contribution >= 0.6 is 0 Å². The molecule has 0 aromatic carbocycles. The Balaban J connectivity index is 1.55. The molecule has 1 fully saturated rings. The van der Waals surface area contributed by atoms with Crippen molar-refractivity contribution in [2.45, 2.75) is 25.9 Å². The molecule has 2 aromatic heterocycles. The smallest absolute Gasteiger partial charge is 0.247 e. The van der Waals surface area contributed by atoms with Crippen molar-refractivity contribution in [3.63, 3.8) is 0 Å². The van der Waals surface area contributed by atoms with Crippen molar-refractivity contribution in [1.29, 1.82) is 0 Å². The summed E-state index contributed by atoms with van der Waals surface area (Å²) in [6.45, 7) is 5.95. The topological polar surface area (TPSA) is 82.9 Å². The molecule has 0 saturated carbocycles. The van der Waals surface area contributed by atoms with E-state index in [2.05, 4.69) is 25.2 Å². The number of rotatable bonds is 5. The molecule has 3 rings (SSSR count). The van der Waals surface area contributed by atoms with Gasteiger partial charge in [-0.1, -0.05) is 6.92 Å². The fourth-order valence-corrected chi connectivity index (χ4v) is 2.80. The van der Waals surface area contributed by atoms with Crippen LogP contribution in [0.15, 0.2) is 24.8 Å². The van der Waals surface area contributed by atoms with Crippen molar-refractivity contribution in [2.24, 2.45) is 0 Å². The van der Waals surface area contributed by atoms with E-state index >= 15 is 0 Å². The summed E-state index contributed by atoms with van der Waals surface area (Å²) in [6.07, 6.45) is 5.83. The molecular weight excluding hydrogens is 282 g/mol. The summed E-state index contributed by atoms with van der Waals surface area (Å²) in [4.78, 5) is 21.0. The quantitative estimate of drug-likeness (QED) is 0.859. The van der Waals surface area contributed by atoms with Crippen molar-refractivity contribution >= 4 is 5.91 Å². The van der Waals surface area contributed by atoms with Gasteiger partial charge in [0.25, 0.3) is 0 Å². The molecule has 1 amide bonds. The number of nitrogens with zero attached hydrogens (tertiary/aromatic N) is 6. The van der Waals surface area contributed by atoms with Crippen LogP contribution in [0.25, 0.3) is 0 Å². The molecule has 8 heteroatoms. The molecule has 0 spiro atoms. The maximum atomic E-state index is 12.7. The lowest BCUT2D eigenvalue weighted by Gasteiger charge is -2.35. The molecule has 0 radical (unpaired) electrons. The SMILES string of the molecule is CC[C@H](C(=O)N1CCN(Cc2ncn[nH]2)CC1)n1cccn1. The van der Waals surface area contributed by atoms with Gasteiger partial charge >= 0.3 is 0 Å². The largest absolute Gasteiger partial charge is 0.338 e. The zero-order chi connectivity index (χ0) is 15.4. The molecule has 0 unspecified atom stereocenters. The molecule has 3 heterocycles. The Hall–Kier alpha value is -2.22. The second-order valence-electron chi connectivity index (χ2n) is 5.44. The van der Waals surface area contributed by atoms with Gasteiger partial charge in [-0.25, -0.2) is 4.98 Å². The van der Waals surface area contributed by atoms with Crippen LogP contribution in [0.2, 0.25) is 0 Å². The summed E-state index contributed by atoms with van der Waals surface area (Å²) >= 11 is 0. The van der Waals surface area contributed by atoms with Crippen molar-refractivity contribution in [2.75, 3.05) is 26.2 Å². The molecule has 118 valence electrons. The zero-order valence-electron chi connectivity index (χ0n) is 12.7. The number of nitrogens with one attached hydrogen (secondary N) is 1. The van der Waals surface area contributed by atoms with E-state index < -0.39 is 0 Å². The summed E-state index contributed by atoms with van der Waals surface area (Å²) < 4.78 is 1.75. The van der Waals surface area contributed by atoms with Gasteiger partial charge in [0.05, 0.1) is 6.54 Å². The Morgan fingerprint density at radius 1 is 1.36 bits per heavy atom. The number of hydrogen-bond acceptors (Lipinski definition) is 5. The normalized spacial score (nSPS) is 17.6. The standard InChI is InChI=1S/C14H21N7O/c1-2-12(21-5-3-4-17-21)14(22)20-8-6-19(7-9-20)10-13-15-11-16-18-13/h3-5,11-12H,2,6-10H2,1H3,(H,15,16,18)/t12-/m1/s1. The average molecular weight is 303 g/mol. The number of carbonyl (C=O) groups excluding carboxylic acids is 1. The highest BCUT2D eigenvalue weighted by molar-refractivity contribution is 5.80. The van der Waals surface area contributed by atoms with Gasteiger partial charge in [0.15, 0.2) is 0 Å². The first kappa shape index (κ1) is 14.7. The van der Waals surface area contributed by atoms with E-state index in [0.29, 0.717) is 0 Å². The lowest BCUT2D eigenvalue weighted by atomic mass is 10.2. The van der Waals surface area contributed by atoms with Crippen LogP contribution in [0.5, 0.6) is 0 Å². The van der Waals surface area contributed by atoms with E-state index in [9.17, 15) is 4.79 Å². The fraction of sp³-hybridized carbons (Fsp3) is 0.571. The van der Waals surface area contributed by atoms with Crippen LogP contribution in [0, 0.1) is 0 Å². The lowest BCUT2D eigenvalue weighted by molar-refractivity contribution is -0.137. The Bertz CT molecular complexity index is 572. The van der Waals surface area contributed by atoms with Crippen molar-refractivity contribution in [1.82, 2.24) is 34.8 Å². The minimum absolute atomic E-state index is 0.158. The first-order valence-electron chi connectivity index (χ1n) is 7.62. The molecule has 1 aliphatic rings. The van der Waals surface area contributed by atoms with Gasteiger partial charge in [-0.2, -0.15) is 10.2 Å². The minimum Gasteiger partial charge on any atom is -0.338 e. The van der Waals surface area contributed by atoms with Crippen molar-refractivity contribution in [3.05, 3.63) is 30.6 Å². The summed E-state index contributed by atoms with van der Waals surface area (Å²) in [7, 11) is 0. The average Bonchev–Trinajstić information content (AvgIpc) is 3.22. The predicted molar refractivity (Wildman–Crippen MR) is 79.8 cm³/mol. The van der Waals surface area contributed by atoms with Gasteiger partial charge in [0.1, 0.15) is 18.2 Å². The monoisotopic (exact) mass is 303 g/mol. The molecule has 2 aromatic rings. The molecule has 1 N–H and O–H groups in total. The van der Waals surface area contributed by atoms with E-state index in [-0.39, 0.29) is 11.9 Å². The first-order chi connectivity index (χ1) is 10.8. The van der Waals surface area contributed by atoms with Crippen molar-refractivity contribution < 1.29 is 4.79 Å². The summed E-state index contributed by atoms with van der Waals surface area (Å²) in [5.41, 5.74) is 0. The molecule has 22 heavy (non-hydrogen) atoms. The molecular formula is C14H21N7O. The van der Waals surface area contributed by atoms with E-state index in [1.165, 1.54) is 6.33 Å². The van der Waals surface area contributed by atoms with Gasteiger partial charge in [-0.15, -0.1) is 0 Å². The highest BCUT2D eigenvalue weighted by Crippen LogP contribution is 2.16. The molecule has 8 nitrogen and oxygen atoms in total. The lowest BCUT2D eigenvalue weighted by Crippen LogP contribution is -2.50. The third-order valence-electron chi connectivity index (χ3n) is 4.04. The number of carbonyl (C=O) groups is 1. The summed E-state index contributed by atoms with van der Waals surface area (Å²) in [5.74, 6) is 1.02. The second kappa shape index (κ2) is 6.69. The Morgan fingerprint density at radius 3 is 2.77 bits per heavy atom. The number of hydrogen-bond donors (Lipinski definition) is 1. The molecule has 1 atom stereocenters. The van der Waals surface area contributed by atoms with Crippen molar-refractivity contribution in [3.8, 4) is 0 Å². The number of amides is 1. The minimum atomic E-state index is -0.198. The highest BCUT2D eigenvalue weighted by Gasteiger charge is 2.27. The summed E-state index contributed by atoms with van der Waals surface area (Å²) in [6, 6.07) is 1.65. The van der Waals surface area contributed by atoms with Crippen LogP contribution < -0.4 is 0 Å². The van der Waals surface area contributed by atoms with E-state index in [1.807, 2.05) is 24.1 Å². The van der Waals surface area contributed by atoms with Gasteiger partial charge in [-0.05, 0) is 12.5 Å². The Labute approximate surface area is 129 Å². The molecule has 1 saturated heterocycles. The number of piperazine rings is 1. The van der Waals surface area contributed by atoms with Gasteiger partial charge in [0, 0.05) is 38.6 Å². The van der Waals surface area contributed by atoms with E-state index in [4.69, 9.17) is 0 Å². The van der Waals surface area contributed by atoms with Gasteiger partial charge in [0.2, 0.25) is 5.91 Å². The summed E-state index contributed by atoms with van der Waals surface area (Å²) in [5, 5.41) is 10.9. The maximum absolute atomic E-state index is 12.7. The Kier molecular flexibility index (Phi) is 4.47. The van der Waals surface area contributed by atoms with Crippen LogP contribution in [0.3, 0.4) is 0 Å². The second-order valence-corrected chi connectivity index (χ2v) is 5.44. The third-order valence-corrected chi connectivity index (χ3v) is 4.04. The van der Waals surface area contributed by atoms with E-state index in [1.54, 1.807) is 10.9 Å². The molecule has 1 aliphatic heterocycles. The van der Waals surface area contributed by atoms with Crippen LogP contribution in [0.1, 0.15) is 25.2 Å². The number of aromatic nitrogens is 5. The zero-order valence-corrected chi connectivity index (χ0v) is 12.7. The third kappa shape index (κ3) is 3.16. The predicted octanol–water partition coefficient (Wildman–Crippen LogP) is 0.297. The molecule has 0 aliphatic carbocycles. The van der Waals surface area contributed by atoms with Gasteiger partial charge < -0.3 is 4.90 Å². The Morgan fingerprint density at radius 2 is 2.18 bits per heavy atom. The van der Waals surface area contributed by atoms with Crippen LogP contribution in [-0.2, 0) is 11.3 Å².